The molecule has 1 aliphatic rings. The number of halogens is 1. The van der Waals surface area contributed by atoms with Gasteiger partial charge in [-0.25, -0.2) is 0 Å². The third-order valence-corrected chi connectivity index (χ3v) is 4.78. The molecule has 0 saturated heterocycles. The van der Waals surface area contributed by atoms with Gasteiger partial charge in [0.1, 0.15) is 0 Å². The lowest BCUT2D eigenvalue weighted by atomic mass is 9.82. The van der Waals surface area contributed by atoms with E-state index in [0.717, 1.165) is 24.6 Å². The molecule has 0 aromatic carbocycles. The van der Waals surface area contributed by atoms with Gasteiger partial charge in [0.2, 0.25) is 0 Å². The molecule has 2 atom stereocenters. The molecule has 2 unspecified atom stereocenters. The third kappa shape index (κ3) is 2.71. The number of methoxy groups -OCH3 is 1. The van der Waals surface area contributed by atoms with Gasteiger partial charge in [0.05, 0.1) is 18.6 Å². The van der Waals surface area contributed by atoms with Gasteiger partial charge < -0.3 is 9.30 Å². The van der Waals surface area contributed by atoms with Crippen molar-refractivity contribution in [3.05, 3.63) is 35.7 Å². The molecule has 0 fully saturated rings. The molecule has 0 bridgehead atoms. The van der Waals surface area contributed by atoms with Crippen molar-refractivity contribution in [1.82, 2.24) is 4.57 Å². The first-order valence-electron chi connectivity index (χ1n) is 7.02. The number of carbonyl (C=O) groups is 1. The maximum Gasteiger partial charge on any atom is 0.315 e. The largest absolute Gasteiger partial charge is 0.468 e. The number of aryl methyl sites for hydroxylation is 2. The standard InChI is InChI=1S/C16H22BrNO2/c1-12-5-6-13(2)18(12)14-7-9-16(11-14,8-4-10-17)15(19)20-3/h5-7,9,14H,4,8,10-11H2,1-3H3. The van der Waals surface area contributed by atoms with Crippen molar-refractivity contribution in [2.45, 2.75) is 39.2 Å². The zero-order valence-electron chi connectivity index (χ0n) is 12.4. The summed E-state index contributed by atoms with van der Waals surface area (Å²) in [5.41, 5.74) is 2.01. The Morgan fingerprint density at radius 1 is 1.45 bits per heavy atom. The number of nitrogens with zero attached hydrogens (tertiary/aromatic N) is 1. The van der Waals surface area contributed by atoms with Crippen LogP contribution in [0.25, 0.3) is 0 Å². The lowest BCUT2D eigenvalue weighted by Crippen LogP contribution is -2.30. The van der Waals surface area contributed by atoms with Crippen LogP contribution in [-0.4, -0.2) is 23.0 Å². The average molecular weight is 340 g/mol. The molecule has 0 saturated carbocycles. The minimum absolute atomic E-state index is 0.111. The molecule has 1 aliphatic carbocycles. The number of aromatic nitrogens is 1. The molecular formula is C16H22BrNO2. The van der Waals surface area contributed by atoms with E-state index in [0.29, 0.717) is 0 Å². The van der Waals surface area contributed by atoms with Gasteiger partial charge in [-0.05, 0) is 45.2 Å². The Morgan fingerprint density at radius 2 is 2.10 bits per heavy atom. The van der Waals surface area contributed by atoms with Crippen LogP contribution in [0.4, 0.5) is 0 Å². The molecule has 4 heteroatoms. The van der Waals surface area contributed by atoms with Crippen LogP contribution in [0.3, 0.4) is 0 Å². The molecule has 3 nitrogen and oxygen atoms in total. The Hall–Kier alpha value is -1.03. The molecule has 0 spiro atoms. The number of hydrogen-bond acceptors (Lipinski definition) is 2. The van der Waals surface area contributed by atoms with E-state index in [9.17, 15) is 4.79 Å². The van der Waals surface area contributed by atoms with Gasteiger partial charge in [0, 0.05) is 16.7 Å². The minimum atomic E-state index is -0.462. The molecule has 0 N–H and O–H groups in total. The Kier molecular flexibility index (Phi) is 4.74. The van der Waals surface area contributed by atoms with Crippen molar-refractivity contribution < 1.29 is 9.53 Å². The average Bonchev–Trinajstić information content (AvgIpc) is 3.00. The van der Waals surface area contributed by atoms with Gasteiger partial charge >= 0.3 is 5.97 Å². The van der Waals surface area contributed by atoms with Gasteiger partial charge in [-0.2, -0.15) is 0 Å². The predicted molar refractivity (Wildman–Crippen MR) is 84.2 cm³/mol. The fraction of sp³-hybridized carbons (Fsp3) is 0.562. The Balaban J connectivity index is 2.24. The summed E-state index contributed by atoms with van der Waals surface area (Å²) in [6.45, 7) is 4.22. The van der Waals surface area contributed by atoms with Gasteiger partial charge in [-0.15, -0.1) is 0 Å². The van der Waals surface area contributed by atoms with E-state index in [2.05, 4.69) is 58.6 Å². The molecule has 0 radical (unpaired) electrons. The lowest BCUT2D eigenvalue weighted by molar-refractivity contribution is -0.150. The maximum absolute atomic E-state index is 12.2. The Labute approximate surface area is 129 Å². The quantitative estimate of drug-likeness (QED) is 0.462. The van der Waals surface area contributed by atoms with Gasteiger partial charge in [0.25, 0.3) is 0 Å². The topological polar surface area (TPSA) is 31.2 Å². The zero-order chi connectivity index (χ0) is 14.8. The first-order valence-corrected chi connectivity index (χ1v) is 8.14. The summed E-state index contributed by atoms with van der Waals surface area (Å²) in [6.07, 6.45) is 6.81. The molecule has 20 heavy (non-hydrogen) atoms. The second kappa shape index (κ2) is 6.17. The fourth-order valence-corrected chi connectivity index (χ4v) is 3.49. The number of esters is 1. The van der Waals surface area contributed by atoms with E-state index in [1.54, 1.807) is 0 Å². The molecule has 2 rings (SSSR count). The third-order valence-electron chi connectivity index (χ3n) is 4.22. The number of allylic oxidation sites excluding steroid dienone is 1. The number of hydrogen-bond donors (Lipinski definition) is 0. The summed E-state index contributed by atoms with van der Waals surface area (Å²) in [5.74, 6) is -0.111. The summed E-state index contributed by atoms with van der Waals surface area (Å²) in [6, 6.07) is 4.50. The molecule has 1 aromatic heterocycles. The van der Waals surface area contributed by atoms with Gasteiger partial charge in [-0.3, -0.25) is 4.79 Å². The normalized spacial score (nSPS) is 25.1. The van der Waals surface area contributed by atoms with Crippen LogP contribution in [0.5, 0.6) is 0 Å². The second-order valence-corrected chi connectivity index (χ2v) is 6.35. The first kappa shape index (κ1) is 15.4. The predicted octanol–water partition coefficient (Wildman–Crippen LogP) is 3.94. The highest BCUT2D eigenvalue weighted by Crippen LogP contribution is 2.43. The van der Waals surface area contributed by atoms with Crippen LogP contribution in [0.15, 0.2) is 24.3 Å². The smallest absolute Gasteiger partial charge is 0.315 e. The molecule has 1 heterocycles. The summed E-state index contributed by atoms with van der Waals surface area (Å²) in [5, 5.41) is 0.909. The van der Waals surface area contributed by atoms with Crippen LogP contribution in [0, 0.1) is 19.3 Å². The summed E-state index contributed by atoms with van der Waals surface area (Å²) in [4.78, 5) is 12.2. The van der Waals surface area contributed by atoms with Crippen LogP contribution < -0.4 is 0 Å². The van der Waals surface area contributed by atoms with E-state index in [-0.39, 0.29) is 12.0 Å². The van der Waals surface area contributed by atoms with E-state index < -0.39 is 5.41 Å². The second-order valence-electron chi connectivity index (χ2n) is 5.56. The minimum Gasteiger partial charge on any atom is -0.468 e. The van der Waals surface area contributed by atoms with Crippen molar-refractivity contribution >= 4 is 21.9 Å². The monoisotopic (exact) mass is 339 g/mol. The number of rotatable bonds is 5. The summed E-state index contributed by atoms with van der Waals surface area (Å²) in [7, 11) is 1.48. The van der Waals surface area contributed by atoms with Gasteiger partial charge in [-0.1, -0.05) is 28.1 Å². The molecule has 0 aliphatic heterocycles. The van der Waals surface area contributed by atoms with Crippen LogP contribution in [0.2, 0.25) is 0 Å². The highest BCUT2D eigenvalue weighted by Gasteiger charge is 2.42. The molecule has 0 amide bonds. The molecule has 110 valence electrons. The highest BCUT2D eigenvalue weighted by atomic mass is 79.9. The number of carbonyl (C=O) groups excluding carboxylic acids is 1. The molecule has 1 aromatic rings. The van der Waals surface area contributed by atoms with Crippen LogP contribution in [-0.2, 0) is 9.53 Å². The SMILES string of the molecule is COC(=O)C1(CCCBr)C=CC(n2c(C)ccc2C)C1. The summed E-state index contributed by atoms with van der Waals surface area (Å²) < 4.78 is 7.35. The van der Waals surface area contributed by atoms with Gasteiger partial charge in [0.15, 0.2) is 0 Å². The van der Waals surface area contributed by atoms with Crippen molar-refractivity contribution in [2.75, 3.05) is 12.4 Å². The highest BCUT2D eigenvalue weighted by molar-refractivity contribution is 9.09. The van der Waals surface area contributed by atoms with E-state index in [4.69, 9.17) is 4.74 Å². The van der Waals surface area contributed by atoms with Crippen molar-refractivity contribution in [1.29, 1.82) is 0 Å². The van der Waals surface area contributed by atoms with Crippen molar-refractivity contribution in [3.63, 3.8) is 0 Å². The molecular weight excluding hydrogens is 318 g/mol. The fourth-order valence-electron chi connectivity index (χ4n) is 3.21. The first-order chi connectivity index (χ1) is 9.54. The zero-order valence-corrected chi connectivity index (χ0v) is 13.9. The van der Waals surface area contributed by atoms with E-state index >= 15 is 0 Å². The number of alkyl halides is 1. The van der Waals surface area contributed by atoms with Crippen LogP contribution >= 0.6 is 15.9 Å². The van der Waals surface area contributed by atoms with Crippen molar-refractivity contribution in [2.24, 2.45) is 5.41 Å². The van der Waals surface area contributed by atoms with Crippen LogP contribution in [0.1, 0.15) is 36.7 Å². The van der Waals surface area contributed by atoms with E-state index in [1.807, 2.05) is 0 Å². The summed E-state index contributed by atoms with van der Waals surface area (Å²) >= 11 is 3.45. The Bertz CT molecular complexity index is 501. The maximum atomic E-state index is 12.2. The van der Waals surface area contributed by atoms with E-state index in [1.165, 1.54) is 18.5 Å². The van der Waals surface area contributed by atoms with Crippen molar-refractivity contribution in [3.8, 4) is 0 Å². The Morgan fingerprint density at radius 3 is 2.65 bits per heavy atom. The number of ether oxygens (including phenoxy) is 1. The lowest BCUT2D eigenvalue weighted by Gasteiger charge is -2.27.